The van der Waals surface area contributed by atoms with Gasteiger partial charge >= 0.3 is 0 Å². The monoisotopic (exact) mass is 284 g/mol. The molecule has 1 aliphatic carbocycles. The molecule has 0 aromatic carbocycles. The zero-order valence-corrected chi connectivity index (χ0v) is 12.5. The van der Waals surface area contributed by atoms with Gasteiger partial charge in [0.25, 0.3) is 0 Å². The van der Waals surface area contributed by atoms with E-state index >= 15 is 0 Å². The maximum absolute atomic E-state index is 8.69. The average Bonchev–Trinajstić information content (AvgIpc) is 3.00. The fourth-order valence-corrected chi connectivity index (χ4v) is 2.94. The summed E-state index contributed by atoms with van der Waals surface area (Å²) in [7, 11) is 4.10. The van der Waals surface area contributed by atoms with Gasteiger partial charge in [-0.25, -0.2) is 9.97 Å². The first-order valence-corrected chi connectivity index (χ1v) is 7.23. The maximum Gasteiger partial charge on any atom is 0.142 e. The minimum absolute atomic E-state index is 0.509. The van der Waals surface area contributed by atoms with Crippen molar-refractivity contribution in [1.82, 2.24) is 19.9 Å². The van der Waals surface area contributed by atoms with Gasteiger partial charge in [-0.05, 0) is 31.4 Å². The summed E-state index contributed by atoms with van der Waals surface area (Å²) in [6.07, 6.45) is 4.74. The van der Waals surface area contributed by atoms with E-state index in [0.717, 1.165) is 29.9 Å². The zero-order chi connectivity index (χ0) is 14.8. The summed E-state index contributed by atoms with van der Waals surface area (Å²) in [5.74, 6) is 2.38. The molecule has 2 atom stereocenters. The van der Waals surface area contributed by atoms with Crippen molar-refractivity contribution >= 4 is 16.9 Å². The van der Waals surface area contributed by atoms with Gasteiger partial charge < -0.3 is 9.88 Å². The first kappa shape index (κ1) is 13.8. The molecule has 1 N–H and O–H groups in total. The summed E-state index contributed by atoms with van der Waals surface area (Å²) in [5.41, 5.74) is 0.882. The van der Waals surface area contributed by atoms with Gasteiger partial charge in [0, 0.05) is 26.3 Å². The summed E-state index contributed by atoms with van der Waals surface area (Å²) in [5, 5.41) is 9.76. The maximum atomic E-state index is 8.69. The molecule has 6 nitrogen and oxygen atoms in total. The van der Waals surface area contributed by atoms with Gasteiger partial charge in [0.1, 0.15) is 17.8 Å². The number of hydrogen-bond acceptors (Lipinski definition) is 5. The lowest BCUT2D eigenvalue weighted by molar-refractivity contribution is 0.349. The van der Waals surface area contributed by atoms with Crippen molar-refractivity contribution in [2.45, 2.75) is 6.42 Å². The Labute approximate surface area is 124 Å². The number of nitriles is 1. The van der Waals surface area contributed by atoms with Gasteiger partial charge in [-0.1, -0.05) is 0 Å². The van der Waals surface area contributed by atoms with Crippen molar-refractivity contribution in [2.75, 3.05) is 38.6 Å². The smallest absolute Gasteiger partial charge is 0.142 e. The summed E-state index contributed by atoms with van der Waals surface area (Å²) < 4.78 is 0. The number of H-pyrrole nitrogens is 1. The number of rotatable bonds is 6. The Balaban J connectivity index is 1.60. The number of aromatic nitrogens is 3. The molecular weight excluding hydrogens is 264 g/mol. The van der Waals surface area contributed by atoms with Gasteiger partial charge in [0.05, 0.1) is 18.0 Å². The quantitative estimate of drug-likeness (QED) is 0.814. The lowest BCUT2D eigenvalue weighted by atomic mass is 10.2. The van der Waals surface area contributed by atoms with Crippen molar-refractivity contribution in [1.29, 1.82) is 5.26 Å². The molecule has 0 aliphatic heterocycles. The molecule has 0 saturated heterocycles. The number of nitrogens with zero attached hydrogens (tertiary/aromatic N) is 5. The van der Waals surface area contributed by atoms with E-state index in [9.17, 15) is 0 Å². The van der Waals surface area contributed by atoms with Gasteiger partial charge in [-0.15, -0.1) is 0 Å². The Hall–Kier alpha value is -2.13. The van der Waals surface area contributed by atoms with E-state index in [2.05, 4.69) is 37.9 Å². The van der Waals surface area contributed by atoms with Gasteiger partial charge in [-0.3, -0.25) is 4.90 Å². The predicted octanol–water partition coefficient (Wildman–Crippen LogP) is 1.49. The molecular formula is C15H20N6. The first-order valence-electron chi connectivity index (χ1n) is 7.23. The number of aromatic amines is 1. The minimum Gasteiger partial charge on any atom is -0.359 e. The molecule has 0 amide bonds. The summed E-state index contributed by atoms with van der Waals surface area (Å²) in [6, 6.07) is 4.21. The van der Waals surface area contributed by atoms with E-state index in [1.54, 1.807) is 6.33 Å². The van der Waals surface area contributed by atoms with Crippen molar-refractivity contribution in [2.24, 2.45) is 11.8 Å². The van der Waals surface area contributed by atoms with Crippen molar-refractivity contribution in [3.8, 4) is 6.07 Å². The molecule has 1 saturated carbocycles. The minimum atomic E-state index is 0.509. The molecule has 1 fully saturated rings. The number of hydrogen-bond donors (Lipinski definition) is 1. The Kier molecular flexibility index (Phi) is 3.76. The molecule has 21 heavy (non-hydrogen) atoms. The van der Waals surface area contributed by atoms with Crippen LogP contribution in [0.3, 0.4) is 0 Å². The fraction of sp³-hybridized carbons (Fsp3) is 0.533. The van der Waals surface area contributed by atoms with E-state index < -0.39 is 0 Å². The highest BCUT2D eigenvalue weighted by Crippen LogP contribution is 2.40. The molecule has 2 unspecified atom stereocenters. The first-order chi connectivity index (χ1) is 10.2. The standard InChI is InChI=1S/C15H20N6/c1-20(6-4-16)8-11-7-12(11)9-21(2)15-13-3-5-17-14(13)18-10-19-15/h3,5,10-12H,6-9H2,1-2H3,(H,17,18,19). The van der Waals surface area contributed by atoms with Crippen LogP contribution in [0, 0.1) is 23.2 Å². The second kappa shape index (κ2) is 5.70. The Morgan fingerprint density at radius 3 is 2.95 bits per heavy atom. The van der Waals surface area contributed by atoms with Crippen LogP contribution < -0.4 is 4.90 Å². The number of fused-ring (bicyclic) bond motifs is 1. The number of anilines is 1. The second-order valence-corrected chi connectivity index (χ2v) is 5.93. The van der Waals surface area contributed by atoms with E-state index in [-0.39, 0.29) is 0 Å². The fourth-order valence-electron chi connectivity index (χ4n) is 2.94. The third kappa shape index (κ3) is 2.98. The van der Waals surface area contributed by atoms with Crippen molar-refractivity contribution in [3.05, 3.63) is 18.6 Å². The van der Waals surface area contributed by atoms with Crippen LogP contribution in [0.1, 0.15) is 6.42 Å². The van der Waals surface area contributed by atoms with Crippen LogP contribution in [-0.4, -0.2) is 53.6 Å². The van der Waals surface area contributed by atoms with Crippen molar-refractivity contribution < 1.29 is 0 Å². The molecule has 0 spiro atoms. The second-order valence-electron chi connectivity index (χ2n) is 5.93. The lowest BCUT2D eigenvalue weighted by Crippen LogP contribution is -2.25. The molecule has 1 aliphatic rings. The van der Waals surface area contributed by atoms with Crippen LogP contribution in [0.4, 0.5) is 5.82 Å². The van der Waals surface area contributed by atoms with Crippen LogP contribution in [0.15, 0.2) is 18.6 Å². The Bertz CT molecular complexity index is 657. The molecule has 0 radical (unpaired) electrons. The highest BCUT2D eigenvalue weighted by atomic mass is 15.2. The normalized spacial score (nSPS) is 20.7. The molecule has 110 valence electrons. The Morgan fingerprint density at radius 1 is 1.33 bits per heavy atom. The third-order valence-electron chi connectivity index (χ3n) is 4.16. The van der Waals surface area contributed by atoms with Crippen LogP contribution in [0.2, 0.25) is 0 Å². The van der Waals surface area contributed by atoms with Crippen LogP contribution in [0.25, 0.3) is 11.0 Å². The zero-order valence-electron chi connectivity index (χ0n) is 12.5. The van der Waals surface area contributed by atoms with Crippen LogP contribution in [-0.2, 0) is 0 Å². The van der Waals surface area contributed by atoms with E-state index in [1.165, 1.54) is 6.42 Å². The molecule has 2 aromatic rings. The average molecular weight is 284 g/mol. The summed E-state index contributed by atoms with van der Waals surface area (Å²) >= 11 is 0. The predicted molar refractivity (Wildman–Crippen MR) is 81.9 cm³/mol. The van der Waals surface area contributed by atoms with E-state index in [1.807, 2.05) is 19.3 Å². The molecule has 2 heterocycles. The molecule has 3 rings (SSSR count). The highest BCUT2D eigenvalue weighted by Gasteiger charge is 2.38. The van der Waals surface area contributed by atoms with Gasteiger partial charge in [0.15, 0.2) is 0 Å². The SMILES string of the molecule is CN(CC#N)CC1CC1CN(C)c1ncnc2[nH]ccc12. The van der Waals surface area contributed by atoms with Crippen LogP contribution in [0.5, 0.6) is 0 Å². The topological polar surface area (TPSA) is 71.8 Å². The van der Waals surface area contributed by atoms with E-state index in [4.69, 9.17) is 5.26 Å². The van der Waals surface area contributed by atoms with E-state index in [0.29, 0.717) is 18.4 Å². The third-order valence-corrected chi connectivity index (χ3v) is 4.16. The van der Waals surface area contributed by atoms with Gasteiger partial charge in [0.2, 0.25) is 0 Å². The molecule has 2 aromatic heterocycles. The van der Waals surface area contributed by atoms with Crippen LogP contribution >= 0.6 is 0 Å². The summed E-state index contributed by atoms with van der Waals surface area (Å²) in [6.45, 7) is 2.52. The molecule has 6 heteroatoms. The molecule has 0 bridgehead atoms. The Morgan fingerprint density at radius 2 is 2.14 bits per heavy atom. The number of nitrogens with one attached hydrogen (secondary N) is 1. The highest BCUT2D eigenvalue weighted by molar-refractivity contribution is 5.87. The lowest BCUT2D eigenvalue weighted by Gasteiger charge is -2.19. The summed E-state index contributed by atoms with van der Waals surface area (Å²) in [4.78, 5) is 16.1. The van der Waals surface area contributed by atoms with Gasteiger partial charge in [-0.2, -0.15) is 5.26 Å². The largest absolute Gasteiger partial charge is 0.359 e. The van der Waals surface area contributed by atoms with Crippen molar-refractivity contribution in [3.63, 3.8) is 0 Å².